The lowest BCUT2D eigenvalue weighted by atomic mass is 10.2. The van der Waals surface area contributed by atoms with Crippen LogP contribution in [0.3, 0.4) is 0 Å². The summed E-state index contributed by atoms with van der Waals surface area (Å²) in [6.07, 6.45) is 0. The highest BCUT2D eigenvalue weighted by molar-refractivity contribution is 8.36. The fourth-order valence-corrected chi connectivity index (χ4v) is 9.23. The van der Waals surface area contributed by atoms with E-state index in [9.17, 15) is 0 Å². The Morgan fingerprint density at radius 1 is 0.472 bits per heavy atom. The molecule has 0 radical (unpaired) electrons. The van der Waals surface area contributed by atoms with Crippen LogP contribution in [-0.2, 0) is 5.75 Å². The predicted octanol–water partition coefficient (Wildman–Crippen LogP) is 9.49. The molecule has 0 amide bonds. The largest absolute Gasteiger partial charge is 0.280 e. The topological polar surface area (TPSA) is 6.48 Å². The van der Waals surface area contributed by atoms with E-state index in [0.29, 0.717) is 0 Å². The average molecular weight is 487 g/mol. The summed E-state index contributed by atoms with van der Waals surface area (Å²) in [6.45, 7) is 4.31. The molecule has 0 spiro atoms. The quantitative estimate of drug-likeness (QED) is 0.244. The van der Waals surface area contributed by atoms with Crippen molar-refractivity contribution in [1.29, 1.82) is 0 Å². The van der Waals surface area contributed by atoms with E-state index in [1.807, 2.05) is 0 Å². The van der Waals surface area contributed by atoms with Gasteiger partial charge in [0.25, 0.3) is 0 Å². The fraction of sp³-hybridized carbons (Fsp3) is 0.0909. The van der Waals surface area contributed by atoms with Crippen LogP contribution in [0.4, 0.5) is 22.7 Å². The lowest BCUT2D eigenvalue weighted by Gasteiger charge is -2.51. The summed E-state index contributed by atoms with van der Waals surface area (Å²) >= 11 is 0. The van der Waals surface area contributed by atoms with Gasteiger partial charge in [-0.2, -0.15) is 0 Å². The summed E-state index contributed by atoms with van der Waals surface area (Å²) in [5, 5.41) is 0. The first-order chi connectivity index (χ1) is 17.7. The van der Waals surface area contributed by atoms with E-state index in [1.165, 1.54) is 44.3 Å². The molecule has 36 heavy (non-hydrogen) atoms. The van der Waals surface area contributed by atoms with Crippen molar-refractivity contribution in [2.24, 2.45) is 0 Å². The number of benzene rings is 5. The third-order valence-electron chi connectivity index (χ3n) is 6.79. The molecule has 6 rings (SSSR count). The second-order valence-corrected chi connectivity index (χ2v) is 12.2. The molecule has 178 valence electrons. The SMILES string of the molecule is Cc1ccc(N2c3ccccc3N(c3ccc(C)cc3)S2(Cc2ccccc2)c2ccccc2)cc1. The van der Waals surface area contributed by atoms with Crippen LogP contribution in [0.2, 0.25) is 0 Å². The van der Waals surface area contributed by atoms with Gasteiger partial charge in [0.05, 0.1) is 22.7 Å². The molecule has 3 heteroatoms. The Morgan fingerprint density at radius 3 is 1.36 bits per heavy atom. The highest BCUT2D eigenvalue weighted by Crippen LogP contribution is 2.76. The predicted molar refractivity (Wildman–Crippen MR) is 156 cm³/mol. The molecule has 5 aromatic carbocycles. The first kappa shape index (κ1) is 22.5. The second kappa shape index (κ2) is 9.25. The number of nitrogens with zero attached hydrogens (tertiary/aromatic N) is 2. The molecule has 0 atom stereocenters. The molecule has 1 aliphatic heterocycles. The monoisotopic (exact) mass is 486 g/mol. The van der Waals surface area contributed by atoms with Crippen LogP contribution >= 0.6 is 10.4 Å². The minimum absolute atomic E-state index is 0.897. The van der Waals surface area contributed by atoms with E-state index < -0.39 is 10.4 Å². The van der Waals surface area contributed by atoms with Crippen molar-refractivity contribution in [3.63, 3.8) is 0 Å². The van der Waals surface area contributed by atoms with Gasteiger partial charge in [-0.15, -0.1) is 0 Å². The van der Waals surface area contributed by atoms with Crippen LogP contribution in [-0.4, -0.2) is 0 Å². The van der Waals surface area contributed by atoms with Crippen molar-refractivity contribution in [3.05, 3.63) is 150 Å². The van der Waals surface area contributed by atoms with Crippen LogP contribution < -0.4 is 8.61 Å². The van der Waals surface area contributed by atoms with E-state index in [-0.39, 0.29) is 0 Å². The van der Waals surface area contributed by atoms with Gasteiger partial charge in [0, 0.05) is 10.6 Å². The van der Waals surface area contributed by atoms with E-state index in [0.717, 1.165) is 5.75 Å². The van der Waals surface area contributed by atoms with Crippen molar-refractivity contribution in [2.45, 2.75) is 24.5 Å². The molecular weight excluding hydrogens is 456 g/mol. The zero-order valence-corrected chi connectivity index (χ0v) is 21.5. The van der Waals surface area contributed by atoms with E-state index in [2.05, 4.69) is 156 Å². The zero-order valence-electron chi connectivity index (χ0n) is 20.7. The third kappa shape index (κ3) is 3.77. The zero-order chi connectivity index (χ0) is 24.5. The summed E-state index contributed by atoms with van der Waals surface area (Å²) in [5.74, 6) is 0.897. The van der Waals surface area contributed by atoms with Gasteiger partial charge in [0.1, 0.15) is 0 Å². The van der Waals surface area contributed by atoms with Gasteiger partial charge in [-0.05, 0) is 78.3 Å². The molecule has 0 saturated carbocycles. The second-order valence-electron chi connectivity index (χ2n) is 9.36. The Kier molecular flexibility index (Phi) is 5.79. The highest BCUT2D eigenvalue weighted by Gasteiger charge is 2.48. The number of aryl methyl sites for hydroxylation is 2. The van der Waals surface area contributed by atoms with Crippen molar-refractivity contribution in [2.75, 3.05) is 8.61 Å². The van der Waals surface area contributed by atoms with Crippen LogP contribution in [0.25, 0.3) is 0 Å². The van der Waals surface area contributed by atoms with Gasteiger partial charge in [-0.3, -0.25) is 8.61 Å². The Hall–Kier alpha value is -3.95. The van der Waals surface area contributed by atoms with E-state index in [1.54, 1.807) is 0 Å². The fourth-order valence-electron chi connectivity index (χ4n) is 5.07. The average Bonchev–Trinajstić information content (AvgIpc) is 3.21. The number of rotatable bonds is 5. The van der Waals surface area contributed by atoms with Crippen LogP contribution in [0.15, 0.2) is 138 Å². The minimum Gasteiger partial charge on any atom is -0.280 e. The van der Waals surface area contributed by atoms with Gasteiger partial charge >= 0.3 is 0 Å². The Labute approximate surface area is 216 Å². The third-order valence-corrected chi connectivity index (χ3v) is 10.6. The van der Waals surface area contributed by atoms with Crippen LogP contribution in [0.1, 0.15) is 16.7 Å². The van der Waals surface area contributed by atoms with Crippen molar-refractivity contribution >= 4 is 33.1 Å². The molecule has 0 N–H and O–H groups in total. The molecule has 5 aromatic rings. The maximum atomic E-state index is 2.63. The van der Waals surface area contributed by atoms with Gasteiger partial charge in [-0.1, -0.05) is 96.1 Å². The normalized spacial score (nSPS) is 14.9. The lowest BCUT2D eigenvalue weighted by molar-refractivity contribution is 1.26. The van der Waals surface area contributed by atoms with Crippen molar-refractivity contribution in [3.8, 4) is 0 Å². The molecule has 0 aliphatic carbocycles. The molecule has 0 aromatic heterocycles. The first-order valence-corrected chi connectivity index (χ1v) is 14.1. The summed E-state index contributed by atoms with van der Waals surface area (Å²) < 4.78 is 5.26. The molecule has 2 nitrogen and oxygen atoms in total. The molecule has 1 heterocycles. The maximum Gasteiger partial charge on any atom is 0.0774 e. The Bertz CT molecular complexity index is 1390. The maximum absolute atomic E-state index is 2.63. The highest BCUT2D eigenvalue weighted by atomic mass is 32.3. The van der Waals surface area contributed by atoms with Crippen molar-refractivity contribution in [1.82, 2.24) is 0 Å². The number of fused-ring (bicyclic) bond motifs is 1. The lowest BCUT2D eigenvalue weighted by Crippen LogP contribution is -2.31. The Morgan fingerprint density at radius 2 is 0.889 bits per heavy atom. The molecule has 0 bridgehead atoms. The first-order valence-electron chi connectivity index (χ1n) is 12.4. The van der Waals surface area contributed by atoms with E-state index in [4.69, 9.17) is 0 Å². The molecular formula is C33H30N2S. The van der Waals surface area contributed by atoms with Gasteiger partial charge in [0.15, 0.2) is 0 Å². The van der Waals surface area contributed by atoms with E-state index >= 15 is 0 Å². The van der Waals surface area contributed by atoms with Crippen LogP contribution in [0.5, 0.6) is 0 Å². The molecule has 1 aliphatic rings. The number of hydrogen-bond acceptors (Lipinski definition) is 2. The minimum atomic E-state index is -1.80. The standard InChI is InChI=1S/C33H30N2S/c1-26-17-21-29(22-18-26)34-32-15-9-10-16-33(32)35(30-23-19-27(2)20-24-30)36(34,31-13-7-4-8-14-31)25-28-11-5-3-6-12-28/h3-24H,25H2,1-2H3. The smallest absolute Gasteiger partial charge is 0.0774 e. The summed E-state index contributed by atoms with van der Waals surface area (Å²) in [4.78, 5) is 1.34. The van der Waals surface area contributed by atoms with Gasteiger partial charge in [0.2, 0.25) is 0 Å². The number of para-hydroxylation sites is 2. The summed E-state index contributed by atoms with van der Waals surface area (Å²) in [6, 6.07) is 48.9. The number of anilines is 4. The molecule has 0 unspecified atom stereocenters. The van der Waals surface area contributed by atoms with Crippen LogP contribution in [0, 0.1) is 13.8 Å². The molecule has 0 saturated heterocycles. The Balaban J connectivity index is 1.70. The number of hydrogen-bond donors (Lipinski definition) is 0. The van der Waals surface area contributed by atoms with Crippen molar-refractivity contribution < 1.29 is 0 Å². The molecule has 0 fully saturated rings. The van der Waals surface area contributed by atoms with Gasteiger partial charge < -0.3 is 0 Å². The van der Waals surface area contributed by atoms with Gasteiger partial charge in [-0.25, -0.2) is 0 Å². The summed E-state index contributed by atoms with van der Waals surface area (Å²) in [5.41, 5.74) is 8.80. The summed E-state index contributed by atoms with van der Waals surface area (Å²) in [7, 11) is -1.80.